The molecule has 1 atom stereocenters. The van der Waals surface area contributed by atoms with E-state index < -0.39 is 6.43 Å². The van der Waals surface area contributed by atoms with Gasteiger partial charge in [-0.3, -0.25) is 4.90 Å². The van der Waals surface area contributed by atoms with Crippen molar-refractivity contribution in [3.8, 4) is 0 Å². The van der Waals surface area contributed by atoms with E-state index in [9.17, 15) is 13.6 Å². The highest BCUT2D eigenvalue weighted by Gasteiger charge is 2.26. The Balaban J connectivity index is 1.76. The largest absolute Gasteiger partial charge is 0.362 e. The minimum absolute atomic E-state index is 0.0293. The predicted octanol–water partition coefficient (Wildman–Crippen LogP) is 1.83. The Morgan fingerprint density at radius 3 is 3.10 bits per heavy atom. The number of nitrogens with one attached hydrogen (secondary N) is 2. The first-order valence-electron chi connectivity index (χ1n) is 6.54. The number of aryl methyl sites for hydroxylation is 1. The molecule has 1 saturated heterocycles. The summed E-state index contributed by atoms with van der Waals surface area (Å²) in [6.45, 7) is 2.48. The third-order valence-electron chi connectivity index (χ3n) is 3.37. The third-order valence-corrected chi connectivity index (χ3v) is 3.37. The fraction of sp³-hybridized carbons (Fsp3) is 0.667. The Hall–Kier alpha value is -1.70. The molecule has 8 heteroatoms. The summed E-state index contributed by atoms with van der Waals surface area (Å²) in [5, 5.41) is 8.93. The van der Waals surface area contributed by atoms with Crippen molar-refractivity contribution in [1.29, 1.82) is 0 Å². The summed E-state index contributed by atoms with van der Waals surface area (Å²) in [5.41, 5.74) is 1.08. The molecule has 0 spiro atoms. The number of carbonyl (C=O) groups is 1. The zero-order valence-corrected chi connectivity index (χ0v) is 11.2. The van der Waals surface area contributed by atoms with E-state index in [1.54, 1.807) is 11.8 Å². The van der Waals surface area contributed by atoms with Gasteiger partial charge in [0.25, 0.3) is 6.43 Å². The minimum atomic E-state index is -2.34. The van der Waals surface area contributed by atoms with Crippen LogP contribution < -0.4 is 10.6 Å². The molecule has 0 bridgehead atoms. The van der Waals surface area contributed by atoms with Crippen LogP contribution in [0.4, 0.5) is 19.3 Å². The number of urea groups is 1. The van der Waals surface area contributed by atoms with Crippen molar-refractivity contribution in [2.24, 2.45) is 0 Å². The SMILES string of the molecule is Cc1nocc1NC(=O)NCC1CCCN1CC(F)F. The molecule has 1 aromatic rings. The molecule has 2 N–H and O–H groups in total. The quantitative estimate of drug-likeness (QED) is 0.867. The van der Waals surface area contributed by atoms with E-state index in [0.29, 0.717) is 24.5 Å². The Morgan fingerprint density at radius 1 is 1.65 bits per heavy atom. The molecule has 0 radical (unpaired) electrons. The van der Waals surface area contributed by atoms with E-state index in [1.165, 1.54) is 6.26 Å². The van der Waals surface area contributed by atoms with Crippen LogP contribution in [0.2, 0.25) is 0 Å². The maximum Gasteiger partial charge on any atom is 0.319 e. The van der Waals surface area contributed by atoms with Gasteiger partial charge in [-0.2, -0.15) is 0 Å². The average Bonchev–Trinajstić information content (AvgIpc) is 2.97. The lowest BCUT2D eigenvalue weighted by Crippen LogP contribution is -2.43. The molecular weight excluding hydrogens is 270 g/mol. The Labute approximate surface area is 115 Å². The number of halogens is 2. The molecule has 112 valence electrons. The Bertz CT molecular complexity index is 452. The topological polar surface area (TPSA) is 70.4 Å². The van der Waals surface area contributed by atoms with E-state index >= 15 is 0 Å². The van der Waals surface area contributed by atoms with Gasteiger partial charge in [0.2, 0.25) is 0 Å². The molecule has 1 fully saturated rings. The molecular formula is C12H18F2N4O2. The first-order chi connectivity index (χ1) is 9.56. The number of carbonyl (C=O) groups excluding carboxylic acids is 1. The van der Waals surface area contributed by atoms with E-state index in [1.807, 2.05) is 0 Å². The van der Waals surface area contributed by atoms with Crippen molar-refractivity contribution in [3.05, 3.63) is 12.0 Å². The maximum atomic E-state index is 12.4. The molecule has 1 aromatic heterocycles. The fourth-order valence-corrected chi connectivity index (χ4v) is 2.33. The average molecular weight is 288 g/mol. The summed E-state index contributed by atoms with van der Waals surface area (Å²) in [6, 6.07) is -0.418. The van der Waals surface area contributed by atoms with Gasteiger partial charge in [-0.25, -0.2) is 13.6 Å². The number of hydrogen-bond acceptors (Lipinski definition) is 4. The van der Waals surface area contributed by atoms with Crippen LogP contribution in [0.25, 0.3) is 0 Å². The summed E-state index contributed by atoms with van der Waals surface area (Å²) in [5.74, 6) is 0. The van der Waals surface area contributed by atoms with E-state index in [-0.39, 0.29) is 18.6 Å². The number of aromatic nitrogens is 1. The van der Waals surface area contributed by atoms with Crippen LogP contribution in [0.5, 0.6) is 0 Å². The molecule has 0 aliphatic carbocycles. The van der Waals surface area contributed by atoms with Crippen molar-refractivity contribution < 1.29 is 18.1 Å². The monoisotopic (exact) mass is 288 g/mol. The van der Waals surface area contributed by atoms with Gasteiger partial charge < -0.3 is 15.2 Å². The molecule has 0 aromatic carbocycles. The lowest BCUT2D eigenvalue weighted by atomic mass is 10.2. The normalized spacial score (nSPS) is 19.5. The van der Waals surface area contributed by atoms with Crippen molar-refractivity contribution in [3.63, 3.8) is 0 Å². The lowest BCUT2D eigenvalue weighted by molar-refractivity contribution is 0.0826. The van der Waals surface area contributed by atoms with Crippen molar-refractivity contribution in [2.45, 2.75) is 32.2 Å². The van der Waals surface area contributed by atoms with Crippen molar-refractivity contribution >= 4 is 11.7 Å². The summed E-state index contributed by atoms with van der Waals surface area (Å²) < 4.78 is 29.5. The summed E-state index contributed by atoms with van der Waals surface area (Å²) in [6.07, 6.45) is 0.697. The highest BCUT2D eigenvalue weighted by atomic mass is 19.3. The molecule has 20 heavy (non-hydrogen) atoms. The van der Waals surface area contributed by atoms with Gasteiger partial charge in [-0.15, -0.1) is 0 Å². The smallest absolute Gasteiger partial charge is 0.319 e. The molecule has 1 aliphatic rings. The lowest BCUT2D eigenvalue weighted by Gasteiger charge is -2.24. The standard InChI is InChI=1S/C12H18F2N4O2/c1-8-10(7-20-17-8)16-12(19)15-5-9-3-2-4-18(9)6-11(13)14/h7,9,11H,2-6H2,1H3,(H2,15,16,19). The minimum Gasteiger partial charge on any atom is -0.362 e. The van der Waals surface area contributed by atoms with E-state index in [4.69, 9.17) is 4.52 Å². The third kappa shape index (κ3) is 3.89. The number of likely N-dealkylation sites (tertiary alicyclic amines) is 1. The second-order valence-electron chi connectivity index (χ2n) is 4.83. The first kappa shape index (κ1) is 14.7. The Kier molecular flexibility index (Phi) is 4.89. The predicted molar refractivity (Wildman–Crippen MR) is 68.9 cm³/mol. The van der Waals surface area contributed by atoms with Crippen LogP contribution in [0.15, 0.2) is 10.8 Å². The first-order valence-corrected chi connectivity index (χ1v) is 6.54. The number of alkyl halides is 2. The number of nitrogens with zero attached hydrogens (tertiary/aromatic N) is 2. The molecule has 1 aliphatic heterocycles. The highest BCUT2D eigenvalue weighted by Crippen LogP contribution is 2.18. The van der Waals surface area contributed by atoms with Crippen LogP contribution in [0.3, 0.4) is 0 Å². The van der Waals surface area contributed by atoms with Gasteiger partial charge >= 0.3 is 6.03 Å². The van der Waals surface area contributed by atoms with E-state index in [2.05, 4.69) is 15.8 Å². The zero-order chi connectivity index (χ0) is 14.5. The number of amides is 2. The van der Waals surface area contributed by atoms with Gasteiger partial charge in [0.05, 0.1) is 6.54 Å². The van der Waals surface area contributed by atoms with E-state index in [0.717, 1.165) is 12.8 Å². The number of rotatable bonds is 5. The van der Waals surface area contributed by atoms with Crippen molar-refractivity contribution in [2.75, 3.05) is 25.0 Å². The molecule has 2 rings (SSSR count). The molecule has 1 unspecified atom stereocenters. The van der Waals surface area contributed by atoms with Gasteiger partial charge in [0.1, 0.15) is 17.6 Å². The second-order valence-corrected chi connectivity index (χ2v) is 4.83. The molecule has 2 amide bonds. The Morgan fingerprint density at radius 2 is 2.45 bits per heavy atom. The molecule has 0 saturated carbocycles. The van der Waals surface area contributed by atoms with Gasteiger partial charge in [-0.1, -0.05) is 5.16 Å². The van der Waals surface area contributed by atoms with Crippen LogP contribution >= 0.6 is 0 Å². The molecule has 6 nitrogen and oxygen atoms in total. The van der Waals surface area contributed by atoms with Gasteiger partial charge in [-0.05, 0) is 26.3 Å². The van der Waals surface area contributed by atoms with Crippen LogP contribution in [0, 0.1) is 6.92 Å². The summed E-state index contributed by atoms with van der Waals surface area (Å²) in [7, 11) is 0. The van der Waals surface area contributed by atoms with Crippen LogP contribution in [0.1, 0.15) is 18.5 Å². The maximum absolute atomic E-state index is 12.4. The zero-order valence-electron chi connectivity index (χ0n) is 11.2. The number of anilines is 1. The summed E-state index contributed by atoms with van der Waals surface area (Å²) >= 11 is 0. The second kappa shape index (κ2) is 6.65. The van der Waals surface area contributed by atoms with Gasteiger partial charge in [0.15, 0.2) is 0 Å². The highest BCUT2D eigenvalue weighted by molar-refractivity contribution is 5.89. The van der Waals surface area contributed by atoms with Crippen molar-refractivity contribution in [1.82, 2.24) is 15.4 Å². The number of hydrogen-bond donors (Lipinski definition) is 2. The van der Waals surface area contributed by atoms with Gasteiger partial charge in [0, 0.05) is 12.6 Å². The molecule has 2 heterocycles. The van der Waals surface area contributed by atoms with Crippen LogP contribution in [-0.4, -0.2) is 48.2 Å². The fourth-order valence-electron chi connectivity index (χ4n) is 2.33. The summed E-state index contributed by atoms with van der Waals surface area (Å²) in [4.78, 5) is 13.4. The van der Waals surface area contributed by atoms with Crippen LogP contribution in [-0.2, 0) is 0 Å².